The number of ether oxygens (including phenoxy) is 2. The predicted molar refractivity (Wildman–Crippen MR) is 90.4 cm³/mol. The van der Waals surface area contributed by atoms with E-state index in [9.17, 15) is 8.42 Å². The molecule has 0 unspecified atom stereocenters. The van der Waals surface area contributed by atoms with E-state index in [0.29, 0.717) is 17.9 Å². The van der Waals surface area contributed by atoms with Crippen LogP contribution in [0.5, 0.6) is 11.5 Å². The van der Waals surface area contributed by atoms with Crippen LogP contribution in [0, 0.1) is 0 Å². The number of benzene rings is 2. The van der Waals surface area contributed by atoms with E-state index in [4.69, 9.17) is 9.47 Å². The van der Waals surface area contributed by atoms with Gasteiger partial charge in [-0.3, -0.25) is 0 Å². The second kappa shape index (κ2) is 6.51. The molecule has 0 saturated carbocycles. The standard InChI is InChI=1S/C16H16BrNO4S/c1-21-15-4-2-3-11-9-13(10-22-16(11)15)18-23(19,20)14-7-5-12(17)6-8-14/h2-8,13,18H,9-10H2,1H3/t13-/m0/s1. The molecule has 0 spiro atoms. The van der Waals surface area contributed by atoms with Crippen molar-refractivity contribution in [3.05, 3.63) is 52.5 Å². The number of para-hydroxylation sites is 1. The van der Waals surface area contributed by atoms with E-state index in [-0.39, 0.29) is 17.5 Å². The first-order valence-corrected chi connectivity index (χ1v) is 9.34. The molecule has 2 aromatic carbocycles. The quantitative estimate of drug-likeness (QED) is 0.861. The van der Waals surface area contributed by atoms with Crippen molar-refractivity contribution in [1.29, 1.82) is 0 Å². The molecule has 0 aliphatic carbocycles. The summed E-state index contributed by atoms with van der Waals surface area (Å²) in [6.07, 6.45) is 0.558. The van der Waals surface area contributed by atoms with E-state index in [1.54, 1.807) is 31.4 Å². The number of halogens is 1. The summed E-state index contributed by atoms with van der Waals surface area (Å²) in [6, 6.07) is 11.8. The average Bonchev–Trinajstić information content (AvgIpc) is 2.54. The third kappa shape index (κ3) is 3.52. The Bertz CT molecular complexity index is 805. The van der Waals surface area contributed by atoms with Gasteiger partial charge < -0.3 is 9.47 Å². The van der Waals surface area contributed by atoms with E-state index < -0.39 is 10.0 Å². The van der Waals surface area contributed by atoms with Gasteiger partial charge in [-0.15, -0.1) is 0 Å². The smallest absolute Gasteiger partial charge is 0.240 e. The lowest BCUT2D eigenvalue weighted by atomic mass is 10.0. The van der Waals surface area contributed by atoms with Crippen molar-refractivity contribution in [1.82, 2.24) is 4.72 Å². The highest BCUT2D eigenvalue weighted by Crippen LogP contribution is 2.34. The number of sulfonamides is 1. The molecule has 0 saturated heterocycles. The van der Waals surface area contributed by atoms with Crippen LogP contribution in [0.2, 0.25) is 0 Å². The molecule has 3 rings (SSSR count). The third-order valence-corrected chi connectivity index (χ3v) is 5.69. The normalized spacial score (nSPS) is 17.2. The minimum atomic E-state index is -3.58. The minimum absolute atomic E-state index is 0.233. The van der Waals surface area contributed by atoms with Gasteiger partial charge in [-0.2, -0.15) is 0 Å². The van der Waals surface area contributed by atoms with E-state index in [1.807, 2.05) is 18.2 Å². The maximum Gasteiger partial charge on any atom is 0.240 e. The fraction of sp³-hybridized carbons (Fsp3) is 0.250. The maximum absolute atomic E-state index is 12.4. The highest BCUT2D eigenvalue weighted by molar-refractivity contribution is 9.10. The molecule has 122 valence electrons. The van der Waals surface area contributed by atoms with Crippen molar-refractivity contribution < 1.29 is 17.9 Å². The van der Waals surface area contributed by atoms with Crippen LogP contribution < -0.4 is 14.2 Å². The SMILES string of the molecule is COc1cccc2c1OC[C@@H](NS(=O)(=O)c1ccc(Br)cc1)C2. The van der Waals surface area contributed by atoms with Crippen LogP contribution in [0.25, 0.3) is 0 Å². The van der Waals surface area contributed by atoms with Crippen LogP contribution >= 0.6 is 15.9 Å². The Labute approximate surface area is 143 Å². The van der Waals surface area contributed by atoms with Gasteiger partial charge >= 0.3 is 0 Å². The number of fused-ring (bicyclic) bond motifs is 1. The van der Waals surface area contributed by atoms with Gasteiger partial charge in [0.2, 0.25) is 10.0 Å². The average molecular weight is 398 g/mol. The number of hydrogen-bond donors (Lipinski definition) is 1. The van der Waals surface area contributed by atoms with Crippen molar-refractivity contribution in [2.75, 3.05) is 13.7 Å². The Kier molecular flexibility index (Phi) is 4.61. The van der Waals surface area contributed by atoms with E-state index in [1.165, 1.54) is 0 Å². The predicted octanol–water partition coefficient (Wildman–Crippen LogP) is 2.74. The molecule has 1 aliphatic rings. The van der Waals surface area contributed by atoms with Crippen molar-refractivity contribution >= 4 is 26.0 Å². The molecule has 1 atom stereocenters. The summed E-state index contributed by atoms with van der Waals surface area (Å²) in [6.45, 7) is 0.267. The Hall–Kier alpha value is -1.57. The lowest BCUT2D eigenvalue weighted by Crippen LogP contribution is -2.42. The van der Waals surface area contributed by atoms with Crippen LogP contribution in [0.1, 0.15) is 5.56 Å². The largest absolute Gasteiger partial charge is 0.493 e. The molecular weight excluding hydrogens is 382 g/mol. The van der Waals surface area contributed by atoms with Crippen molar-refractivity contribution in [3.63, 3.8) is 0 Å². The fourth-order valence-electron chi connectivity index (χ4n) is 2.53. The van der Waals surface area contributed by atoms with Gasteiger partial charge in [0.1, 0.15) is 6.61 Å². The van der Waals surface area contributed by atoms with Gasteiger partial charge in [0.05, 0.1) is 18.0 Å². The molecule has 0 amide bonds. The summed E-state index contributed by atoms with van der Waals surface area (Å²) in [5, 5.41) is 0. The molecule has 0 bridgehead atoms. The van der Waals surface area contributed by atoms with Crippen LogP contribution in [-0.4, -0.2) is 28.2 Å². The zero-order valence-corrected chi connectivity index (χ0v) is 14.9. The molecular formula is C16H16BrNO4S. The molecule has 2 aromatic rings. The van der Waals surface area contributed by atoms with Gasteiger partial charge in [0, 0.05) is 4.47 Å². The Morgan fingerprint density at radius 3 is 2.65 bits per heavy atom. The van der Waals surface area contributed by atoms with Crippen LogP contribution in [-0.2, 0) is 16.4 Å². The number of nitrogens with one attached hydrogen (secondary N) is 1. The lowest BCUT2D eigenvalue weighted by Gasteiger charge is -2.27. The molecule has 1 N–H and O–H groups in total. The van der Waals surface area contributed by atoms with Gasteiger partial charge in [0.25, 0.3) is 0 Å². The second-order valence-electron chi connectivity index (χ2n) is 5.24. The van der Waals surface area contributed by atoms with Gasteiger partial charge in [-0.05, 0) is 42.3 Å². The second-order valence-corrected chi connectivity index (χ2v) is 7.87. The first-order chi connectivity index (χ1) is 11.0. The minimum Gasteiger partial charge on any atom is -0.493 e. The highest BCUT2D eigenvalue weighted by atomic mass is 79.9. The molecule has 1 heterocycles. The summed E-state index contributed by atoms with van der Waals surface area (Å²) in [4.78, 5) is 0.233. The summed E-state index contributed by atoms with van der Waals surface area (Å²) >= 11 is 3.30. The summed E-state index contributed by atoms with van der Waals surface area (Å²) in [5.74, 6) is 1.35. The van der Waals surface area contributed by atoms with Crippen LogP contribution in [0.15, 0.2) is 51.8 Å². The topological polar surface area (TPSA) is 64.6 Å². The van der Waals surface area contributed by atoms with Gasteiger partial charge in [0.15, 0.2) is 11.5 Å². The first-order valence-electron chi connectivity index (χ1n) is 7.06. The number of hydrogen-bond acceptors (Lipinski definition) is 4. The third-order valence-electron chi connectivity index (χ3n) is 3.62. The zero-order chi connectivity index (χ0) is 16.4. The van der Waals surface area contributed by atoms with E-state index >= 15 is 0 Å². The van der Waals surface area contributed by atoms with E-state index in [0.717, 1.165) is 10.0 Å². The Morgan fingerprint density at radius 1 is 1.22 bits per heavy atom. The number of rotatable bonds is 4. The molecule has 0 fully saturated rings. The van der Waals surface area contributed by atoms with Crippen LogP contribution in [0.3, 0.4) is 0 Å². The van der Waals surface area contributed by atoms with Gasteiger partial charge in [-0.25, -0.2) is 13.1 Å². The van der Waals surface area contributed by atoms with Crippen molar-refractivity contribution in [2.45, 2.75) is 17.4 Å². The first kappa shape index (κ1) is 16.3. The van der Waals surface area contributed by atoms with Crippen molar-refractivity contribution in [3.8, 4) is 11.5 Å². The summed E-state index contributed by atoms with van der Waals surface area (Å²) < 4.78 is 39.4. The highest BCUT2D eigenvalue weighted by Gasteiger charge is 2.27. The molecule has 0 radical (unpaired) electrons. The lowest BCUT2D eigenvalue weighted by molar-refractivity contribution is 0.240. The van der Waals surface area contributed by atoms with Gasteiger partial charge in [-0.1, -0.05) is 28.1 Å². The van der Waals surface area contributed by atoms with E-state index in [2.05, 4.69) is 20.7 Å². The molecule has 5 nitrogen and oxygen atoms in total. The summed E-state index contributed by atoms with van der Waals surface area (Å²) in [5.41, 5.74) is 0.930. The fourth-order valence-corrected chi connectivity index (χ4v) is 4.02. The maximum atomic E-state index is 12.4. The molecule has 23 heavy (non-hydrogen) atoms. The van der Waals surface area contributed by atoms with Crippen molar-refractivity contribution in [2.24, 2.45) is 0 Å². The molecule has 0 aromatic heterocycles. The molecule has 7 heteroatoms. The monoisotopic (exact) mass is 397 g/mol. The zero-order valence-electron chi connectivity index (χ0n) is 12.5. The summed E-state index contributed by atoms with van der Waals surface area (Å²) in [7, 11) is -1.99. The Morgan fingerprint density at radius 2 is 1.96 bits per heavy atom. The Balaban J connectivity index is 1.78. The van der Waals surface area contributed by atoms with Crippen LogP contribution in [0.4, 0.5) is 0 Å². The number of methoxy groups -OCH3 is 1. The molecule has 1 aliphatic heterocycles.